The summed E-state index contributed by atoms with van der Waals surface area (Å²) in [5.74, 6) is 1.36. The lowest BCUT2D eigenvalue weighted by atomic mass is 9.68. The Morgan fingerprint density at radius 1 is 1.06 bits per heavy atom. The Kier molecular flexibility index (Phi) is 8.02. The number of carbonyl (C=O) groups excluding carboxylic acids is 1. The number of nitrogens with one attached hydrogen (secondary N) is 1. The van der Waals surface area contributed by atoms with Gasteiger partial charge in [0, 0.05) is 18.8 Å². The second kappa shape index (κ2) is 11.1. The van der Waals surface area contributed by atoms with Crippen LogP contribution >= 0.6 is 0 Å². The van der Waals surface area contributed by atoms with E-state index in [9.17, 15) is 9.18 Å². The van der Waals surface area contributed by atoms with Gasteiger partial charge in [-0.05, 0) is 86.5 Å². The molecule has 4 rings (SSSR count). The van der Waals surface area contributed by atoms with Crippen molar-refractivity contribution >= 4 is 11.6 Å². The Hall–Kier alpha value is -2.40. The van der Waals surface area contributed by atoms with E-state index in [1.54, 1.807) is 12.1 Å². The second-order valence-electron chi connectivity index (χ2n) is 9.88. The maximum atomic E-state index is 13.5. The molecule has 178 valence electrons. The zero-order valence-electron chi connectivity index (χ0n) is 19.8. The van der Waals surface area contributed by atoms with Crippen LogP contribution in [0, 0.1) is 11.7 Å². The molecule has 33 heavy (non-hydrogen) atoms. The molecule has 1 unspecified atom stereocenters. The lowest BCUT2D eigenvalue weighted by Crippen LogP contribution is -2.42. The van der Waals surface area contributed by atoms with Crippen LogP contribution in [0.4, 0.5) is 10.1 Å². The summed E-state index contributed by atoms with van der Waals surface area (Å²) in [4.78, 5) is 15.9. The van der Waals surface area contributed by atoms with Gasteiger partial charge in [-0.2, -0.15) is 0 Å². The number of anilines is 1. The number of rotatable bonds is 8. The van der Waals surface area contributed by atoms with Gasteiger partial charge in [-0.25, -0.2) is 4.39 Å². The SMILES string of the molecule is CC1CCCN(CCCOc2ccc(NC(=O)C3(c4ccc(F)cc4)CCCCC3)cc2)C1. The Labute approximate surface area is 197 Å². The van der Waals surface area contributed by atoms with E-state index in [-0.39, 0.29) is 11.7 Å². The maximum absolute atomic E-state index is 13.5. The lowest BCUT2D eigenvalue weighted by Gasteiger charge is -2.36. The van der Waals surface area contributed by atoms with Crippen LogP contribution in [0.15, 0.2) is 48.5 Å². The van der Waals surface area contributed by atoms with Gasteiger partial charge in [0.1, 0.15) is 11.6 Å². The van der Waals surface area contributed by atoms with Gasteiger partial charge >= 0.3 is 0 Å². The fourth-order valence-corrected chi connectivity index (χ4v) is 5.42. The van der Waals surface area contributed by atoms with Crippen molar-refractivity contribution in [3.8, 4) is 5.75 Å². The summed E-state index contributed by atoms with van der Waals surface area (Å²) in [5, 5.41) is 3.11. The predicted octanol–water partition coefficient (Wildman–Crippen LogP) is 6.17. The van der Waals surface area contributed by atoms with Crippen LogP contribution in [-0.4, -0.2) is 37.0 Å². The Morgan fingerprint density at radius 2 is 1.79 bits per heavy atom. The van der Waals surface area contributed by atoms with Gasteiger partial charge < -0.3 is 15.0 Å². The van der Waals surface area contributed by atoms with Gasteiger partial charge in [-0.15, -0.1) is 0 Å². The van der Waals surface area contributed by atoms with E-state index in [2.05, 4.69) is 17.1 Å². The highest BCUT2D eigenvalue weighted by Gasteiger charge is 2.41. The first-order chi connectivity index (χ1) is 16.0. The fraction of sp³-hybridized carbons (Fsp3) is 0.536. The molecule has 1 heterocycles. The highest BCUT2D eigenvalue weighted by atomic mass is 19.1. The zero-order valence-corrected chi connectivity index (χ0v) is 19.8. The third-order valence-electron chi connectivity index (χ3n) is 7.28. The molecule has 1 aliphatic carbocycles. The van der Waals surface area contributed by atoms with Gasteiger partial charge in [0.05, 0.1) is 12.0 Å². The van der Waals surface area contributed by atoms with E-state index in [0.717, 1.165) is 68.0 Å². The number of hydrogen-bond acceptors (Lipinski definition) is 3. The number of nitrogens with zero attached hydrogens (tertiary/aromatic N) is 1. The number of amides is 1. The maximum Gasteiger partial charge on any atom is 0.235 e. The summed E-state index contributed by atoms with van der Waals surface area (Å²) >= 11 is 0. The summed E-state index contributed by atoms with van der Waals surface area (Å²) in [7, 11) is 0. The topological polar surface area (TPSA) is 41.6 Å². The smallest absolute Gasteiger partial charge is 0.235 e. The molecule has 0 aromatic heterocycles. The van der Waals surface area contributed by atoms with Crippen LogP contribution in [0.25, 0.3) is 0 Å². The summed E-state index contributed by atoms with van der Waals surface area (Å²) in [6.07, 6.45) is 8.41. The van der Waals surface area contributed by atoms with Crippen molar-refractivity contribution in [1.82, 2.24) is 4.90 Å². The monoisotopic (exact) mass is 452 g/mol. The third-order valence-corrected chi connectivity index (χ3v) is 7.28. The van der Waals surface area contributed by atoms with Crippen molar-refractivity contribution in [2.75, 3.05) is 31.6 Å². The number of halogens is 1. The second-order valence-corrected chi connectivity index (χ2v) is 9.88. The molecule has 0 bridgehead atoms. The van der Waals surface area contributed by atoms with Crippen LogP contribution < -0.4 is 10.1 Å². The van der Waals surface area contributed by atoms with Crippen molar-refractivity contribution in [3.05, 3.63) is 59.9 Å². The number of benzene rings is 2. The van der Waals surface area contributed by atoms with E-state index < -0.39 is 5.41 Å². The molecule has 1 saturated heterocycles. The normalized spacial score (nSPS) is 20.8. The molecule has 2 fully saturated rings. The van der Waals surface area contributed by atoms with Gasteiger partial charge in [-0.1, -0.05) is 38.3 Å². The van der Waals surface area contributed by atoms with E-state index in [4.69, 9.17) is 4.74 Å². The van der Waals surface area contributed by atoms with Crippen molar-refractivity contribution in [2.24, 2.45) is 5.92 Å². The molecule has 2 aliphatic rings. The first-order valence-corrected chi connectivity index (χ1v) is 12.6. The minimum absolute atomic E-state index is 0.00163. The number of ether oxygens (including phenoxy) is 1. The first-order valence-electron chi connectivity index (χ1n) is 12.6. The quantitative estimate of drug-likeness (QED) is 0.487. The average Bonchev–Trinajstić information content (AvgIpc) is 2.84. The van der Waals surface area contributed by atoms with Gasteiger partial charge in [0.25, 0.3) is 0 Å². The van der Waals surface area contributed by atoms with Gasteiger partial charge in [0.15, 0.2) is 0 Å². The van der Waals surface area contributed by atoms with Gasteiger partial charge in [-0.3, -0.25) is 4.79 Å². The van der Waals surface area contributed by atoms with E-state index in [1.165, 1.54) is 38.1 Å². The molecule has 2 aromatic rings. The lowest BCUT2D eigenvalue weighted by molar-refractivity contribution is -0.122. The molecule has 0 radical (unpaired) electrons. The largest absolute Gasteiger partial charge is 0.494 e. The van der Waals surface area contributed by atoms with Crippen molar-refractivity contribution in [1.29, 1.82) is 0 Å². The number of piperidine rings is 1. The minimum atomic E-state index is -0.590. The van der Waals surface area contributed by atoms with Crippen molar-refractivity contribution in [3.63, 3.8) is 0 Å². The molecule has 1 aliphatic heterocycles. The van der Waals surface area contributed by atoms with E-state index in [1.807, 2.05) is 24.3 Å². The number of hydrogen-bond donors (Lipinski definition) is 1. The van der Waals surface area contributed by atoms with Crippen molar-refractivity contribution in [2.45, 2.75) is 63.7 Å². The molecular formula is C28H37FN2O2. The fourth-order valence-electron chi connectivity index (χ4n) is 5.42. The summed E-state index contributed by atoms with van der Waals surface area (Å²) in [6, 6.07) is 14.1. The summed E-state index contributed by atoms with van der Waals surface area (Å²) in [6.45, 7) is 6.53. The molecule has 0 spiro atoms. The molecule has 1 saturated carbocycles. The highest BCUT2D eigenvalue weighted by molar-refractivity contribution is 5.99. The summed E-state index contributed by atoms with van der Waals surface area (Å²) in [5.41, 5.74) is 1.08. The van der Waals surface area contributed by atoms with E-state index >= 15 is 0 Å². The van der Waals surface area contributed by atoms with Gasteiger partial charge in [0.2, 0.25) is 5.91 Å². The van der Waals surface area contributed by atoms with Crippen LogP contribution in [0.2, 0.25) is 0 Å². The highest BCUT2D eigenvalue weighted by Crippen LogP contribution is 2.40. The zero-order chi connectivity index (χ0) is 23.1. The van der Waals surface area contributed by atoms with E-state index in [0.29, 0.717) is 6.61 Å². The van der Waals surface area contributed by atoms with Crippen LogP contribution in [0.3, 0.4) is 0 Å². The molecule has 1 amide bonds. The van der Waals surface area contributed by atoms with Crippen molar-refractivity contribution < 1.29 is 13.9 Å². The Morgan fingerprint density at radius 3 is 2.48 bits per heavy atom. The molecular weight excluding hydrogens is 415 g/mol. The first kappa shape index (κ1) is 23.7. The molecule has 1 atom stereocenters. The van der Waals surface area contributed by atoms with Crippen LogP contribution in [0.1, 0.15) is 63.9 Å². The number of carbonyl (C=O) groups is 1. The Balaban J connectivity index is 1.31. The average molecular weight is 453 g/mol. The Bertz CT molecular complexity index is 891. The van der Waals surface area contributed by atoms with Crippen LogP contribution in [0.5, 0.6) is 5.75 Å². The minimum Gasteiger partial charge on any atom is -0.494 e. The molecule has 4 nitrogen and oxygen atoms in total. The molecule has 5 heteroatoms. The molecule has 1 N–H and O–H groups in total. The van der Waals surface area contributed by atoms with Crippen LogP contribution in [-0.2, 0) is 10.2 Å². The molecule has 2 aromatic carbocycles. The predicted molar refractivity (Wildman–Crippen MR) is 131 cm³/mol. The standard InChI is InChI=1S/C28H37FN2O2/c1-22-7-5-18-31(21-22)19-6-20-33-26-14-12-25(13-15-26)30-27(32)28(16-3-2-4-17-28)23-8-10-24(29)11-9-23/h8-15,22H,2-7,16-21H2,1H3,(H,30,32). The number of likely N-dealkylation sites (tertiary alicyclic amines) is 1. The third kappa shape index (κ3) is 6.14. The summed E-state index contributed by atoms with van der Waals surface area (Å²) < 4.78 is 19.4.